The highest BCUT2D eigenvalue weighted by Gasteiger charge is 2.30. The summed E-state index contributed by atoms with van der Waals surface area (Å²) in [4.78, 5) is 22.8. The Hall–Kier alpha value is -2.90. The first-order valence-corrected chi connectivity index (χ1v) is 7.09. The van der Waals surface area contributed by atoms with Crippen LogP contribution in [-0.4, -0.2) is 20.9 Å². The lowest BCUT2D eigenvalue weighted by Gasteiger charge is -2.05. The second-order valence-electron chi connectivity index (χ2n) is 5.35. The number of carbonyl (C=O) groups is 1. The van der Waals surface area contributed by atoms with Gasteiger partial charge in [0.15, 0.2) is 0 Å². The van der Waals surface area contributed by atoms with E-state index in [9.17, 15) is 18.0 Å². The lowest BCUT2D eigenvalue weighted by molar-refractivity contribution is -0.137. The highest BCUT2D eigenvalue weighted by molar-refractivity contribution is 5.92. The van der Waals surface area contributed by atoms with Crippen LogP contribution in [0.3, 0.4) is 0 Å². The van der Waals surface area contributed by atoms with Gasteiger partial charge in [0, 0.05) is 11.9 Å². The van der Waals surface area contributed by atoms with Gasteiger partial charge >= 0.3 is 6.18 Å². The summed E-state index contributed by atoms with van der Waals surface area (Å²) in [5.74, 6) is -0.231. The number of halogens is 3. The molecule has 2 N–H and O–H groups in total. The topological polar surface area (TPSA) is 70.7 Å². The molecule has 2 aromatic heterocycles. The van der Waals surface area contributed by atoms with Crippen LogP contribution < -0.4 is 5.32 Å². The number of hydrogen-bond acceptors (Lipinski definition) is 3. The summed E-state index contributed by atoms with van der Waals surface area (Å²) in [6, 6.07) is 6.75. The predicted octanol–water partition coefficient (Wildman–Crippen LogP) is 3.47. The second-order valence-corrected chi connectivity index (χ2v) is 5.35. The van der Waals surface area contributed by atoms with E-state index in [1.165, 1.54) is 6.07 Å². The minimum Gasteiger partial charge on any atom is -0.324 e. The monoisotopic (exact) mass is 334 g/mol. The number of aryl methyl sites for hydroxylation is 1. The van der Waals surface area contributed by atoms with E-state index < -0.39 is 11.7 Å². The van der Waals surface area contributed by atoms with Crippen LogP contribution in [0.25, 0.3) is 11.0 Å². The molecule has 1 aromatic carbocycles. The minimum atomic E-state index is -4.43. The third-order valence-corrected chi connectivity index (χ3v) is 3.40. The molecule has 0 fully saturated rings. The summed E-state index contributed by atoms with van der Waals surface area (Å²) < 4.78 is 38.1. The number of amides is 1. The number of nitrogens with zero attached hydrogens (tertiary/aromatic N) is 2. The number of rotatable bonds is 3. The zero-order valence-corrected chi connectivity index (χ0v) is 12.6. The number of fused-ring (bicyclic) bond motifs is 1. The maximum Gasteiger partial charge on any atom is 0.416 e. The zero-order valence-electron chi connectivity index (χ0n) is 12.6. The fourth-order valence-corrected chi connectivity index (χ4v) is 2.21. The van der Waals surface area contributed by atoms with E-state index in [-0.39, 0.29) is 23.8 Å². The third-order valence-electron chi connectivity index (χ3n) is 3.40. The van der Waals surface area contributed by atoms with Crippen molar-refractivity contribution in [1.29, 1.82) is 0 Å². The molecule has 0 aliphatic heterocycles. The van der Waals surface area contributed by atoms with Crippen LogP contribution in [0.2, 0.25) is 0 Å². The van der Waals surface area contributed by atoms with Crippen molar-refractivity contribution < 1.29 is 18.0 Å². The molecule has 0 radical (unpaired) electrons. The van der Waals surface area contributed by atoms with Gasteiger partial charge in [-0.1, -0.05) is 6.07 Å². The van der Waals surface area contributed by atoms with Crippen LogP contribution in [0.5, 0.6) is 0 Å². The van der Waals surface area contributed by atoms with Crippen LogP contribution in [0.15, 0.2) is 36.5 Å². The number of benzene rings is 1. The first-order valence-electron chi connectivity index (χ1n) is 7.09. The van der Waals surface area contributed by atoms with Crippen LogP contribution in [-0.2, 0) is 17.4 Å². The van der Waals surface area contributed by atoms with Crippen molar-refractivity contribution in [3.8, 4) is 0 Å². The predicted molar refractivity (Wildman–Crippen MR) is 82.4 cm³/mol. The third kappa shape index (κ3) is 3.53. The number of hydrogen-bond donors (Lipinski definition) is 2. The smallest absolute Gasteiger partial charge is 0.324 e. The molecule has 8 heteroatoms. The van der Waals surface area contributed by atoms with Crippen molar-refractivity contribution in [1.82, 2.24) is 15.0 Å². The molecule has 3 rings (SSSR count). The van der Waals surface area contributed by atoms with E-state index in [4.69, 9.17) is 0 Å². The highest BCUT2D eigenvalue weighted by atomic mass is 19.4. The number of carbonyl (C=O) groups excluding carboxylic acids is 1. The van der Waals surface area contributed by atoms with Crippen LogP contribution in [0, 0.1) is 6.92 Å². The number of anilines is 1. The molecule has 0 saturated carbocycles. The van der Waals surface area contributed by atoms with Gasteiger partial charge in [0.1, 0.15) is 0 Å². The van der Waals surface area contributed by atoms with Gasteiger partial charge in [-0.05, 0) is 36.8 Å². The van der Waals surface area contributed by atoms with Crippen molar-refractivity contribution in [2.45, 2.75) is 19.5 Å². The fourth-order valence-electron chi connectivity index (χ4n) is 2.21. The number of imidazole rings is 1. The normalized spacial score (nSPS) is 11.7. The summed E-state index contributed by atoms with van der Waals surface area (Å²) in [7, 11) is 0. The van der Waals surface area contributed by atoms with Crippen molar-refractivity contribution in [2.75, 3.05) is 5.32 Å². The summed E-state index contributed by atoms with van der Waals surface area (Å²) in [5.41, 5.74) is 1.35. The van der Waals surface area contributed by atoms with Crippen molar-refractivity contribution in [3.05, 3.63) is 53.3 Å². The minimum absolute atomic E-state index is 0.0954. The van der Waals surface area contributed by atoms with Crippen molar-refractivity contribution in [3.63, 3.8) is 0 Å². The fraction of sp³-hybridized carbons (Fsp3) is 0.188. The van der Waals surface area contributed by atoms with E-state index >= 15 is 0 Å². The molecule has 1 amide bonds. The average molecular weight is 334 g/mol. The van der Waals surface area contributed by atoms with Gasteiger partial charge in [-0.15, -0.1) is 0 Å². The van der Waals surface area contributed by atoms with Gasteiger partial charge in [0.25, 0.3) is 0 Å². The van der Waals surface area contributed by atoms with Gasteiger partial charge in [-0.2, -0.15) is 13.2 Å². The molecule has 5 nitrogen and oxygen atoms in total. The molecular weight excluding hydrogens is 321 g/mol. The quantitative estimate of drug-likeness (QED) is 0.770. The Morgan fingerprint density at radius 1 is 1.25 bits per heavy atom. The summed E-state index contributed by atoms with van der Waals surface area (Å²) >= 11 is 0. The van der Waals surface area contributed by atoms with Gasteiger partial charge in [-0.3, -0.25) is 15.1 Å². The largest absolute Gasteiger partial charge is 0.416 e. The lowest BCUT2D eigenvalue weighted by Crippen LogP contribution is -2.15. The Labute approximate surface area is 134 Å². The van der Waals surface area contributed by atoms with Crippen molar-refractivity contribution in [2.24, 2.45) is 0 Å². The zero-order chi connectivity index (χ0) is 17.3. The van der Waals surface area contributed by atoms with Gasteiger partial charge in [-0.25, -0.2) is 4.98 Å². The highest BCUT2D eigenvalue weighted by Crippen LogP contribution is 2.31. The Balaban J connectivity index is 1.75. The maximum atomic E-state index is 12.7. The van der Waals surface area contributed by atoms with Crippen LogP contribution in [0.4, 0.5) is 19.1 Å². The second kappa shape index (κ2) is 5.95. The molecule has 0 aliphatic rings. The average Bonchev–Trinajstić information content (AvgIpc) is 2.89. The van der Waals surface area contributed by atoms with Gasteiger partial charge in [0.2, 0.25) is 11.9 Å². The lowest BCUT2D eigenvalue weighted by atomic mass is 10.2. The Morgan fingerprint density at radius 3 is 2.71 bits per heavy atom. The van der Waals surface area contributed by atoms with Crippen LogP contribution in [0.1, 0.15) is 16.8 Å². The SMILES string of the molecule is Cc1ccc(CC(=O)Nc2nc3ccc(C(F)(F)F)cc3[nH]2)cn1. The van der Waals surface area contributed by atoms with Crippen LogP contribution >= 0.6 is 0 Å². The molecule has 0 bridgehead atoms. The molecule has 0 unspecified atom stereocenters. The van der Waals surface area contributed by atoms with E-state index in [2.05, 4.69) is 20.3 Å². The molecule has 0 atom stereocenters. The molecule has 2 heterocycles. The Morgan fingerprint density at radius 2 is 2.04 bits per heavy atom. The van der Waals surface area contributed by atoms with E-state index in [0.717, 1.165) is 23.4 Å². The number of aromatic amines is 1. The molecule has 0 spiro atoms. The molecule has 0 aliphatic carbocycles. The van der Waals surface area contributed by atoms with E-state index in [1.807, 2.05) is 6.92 Å². The molecule has 24 heavy (non-hydrogen) atoms. The summed E-state index contributed by atoms with van der Waals surface area (Å²) in [6.07, 6.45) is -2.73. The Bertz CT molecular complexity index is 884. The van der Waals surface area contributed by atoms with E-state index in [1.54, 1.807) is 18.3 Å². The number of alkyl halides is 3. The first-order chi connectivity index (χ1) is 11.3. The summed E-state index contributed by atoms with van der Waals surface area (Å²) in [6.45, 7) is 1.84. The van der Waals surface area contributed by atoms with Gasteiger partial charge in [0.05, 0.1) is 23.0 Å². The molecule has 3 aromatic rings. The first kappa shape index (κ1) is 16.0. The van der Waals surface area contributed by atoms with Gasteiger partial charge < -0.3 is 4.98 Å². The molecular formula is C16H13F3N4O. The molecule has 0 saturated heterocycles. The number of H-pyrrole nitrogens is 1. The number of aromatic nitrogens is 3. The van der Waals surface area contributed by atoms with E-state index in [0.29, 0.717) is 5.52 Å². The number of nitrogens with one attached hydrogen (secondary N) is 2. The molecule has 124 valence electrons. The summed E-state index contributed by atoms with van der Waals surface area (Å²) in [5, 5.41) is 2.54. The Kier molecular flexibility index (Phi) is 3.96. The number of pyridine rings is 1. The maximum absolute atomic E-state index is 12.7. The standard InChI is InChI=1S/C16H13F3N4O/c1-9-2-3-10(8-20-9)6-14(24)23-15-21-12-5-4-11(16(17,18)19)7-13(12)22-15/h2-5,7-8H,6H2,1H3,(H2,21,22,23,24). The van der Waals surface area contributed by atoms with Crippen molar-refractivity contribution >= 4 is 22.9 Å².